The van der Waals surface area contributed by atoms with Crippen LogP contribution in [0.3, 0.4) is 0 Å². The smallest absolute Gasteiger partial charge is 0.337 e. The topological polar surface area (TPSA) is 72.5 Å². The summed E-state index contributed by atoms with van der Waals surface area (Å²) in [6, 6.07) is -0.871. The number of amides is 1. The van der Waals surface area contributed by atoms with E-state index in [0.717, 1.165) is 19.3 Å². The zero-order valence-electron chi connectivity index (χ0n) is 12.3. The van der Waals surface area contributed by atoms with Crippen LogP contribution < -0.4 is 5.32 Å². The van der Waals surface area contributed by atoms with Gasteiger partial charge in [0.1, 0.15) is 6.04 Å². The van der Waals surface area contributed by atoms with Gasteiger partial charge in [0.2, 0.25) is 5.91 Å². The van der Waals surface area contributed by atoms with Gasteiger partial charge in [-0.15, -0.1) is 0 Å². The van der Waals surface area contributed by atoms with E-state index in [1.54, 1.807) is 0 Å². The molecular weight excluding hydrogens is 278 g/mol. The van der Waals surface area contributed by atoms with Gasteiger partial charge in [0.25, 0.3) is 0 Å². The van der Waals surface area contributed by atoms with Crippen LogP contribution in [0.5, 0.6) is 0 Å². The molecule has 0 fully saturated rings. The summed E-state index contributed by atoms with van der Waals surface area (Å²) in [6.07, 6.45) is 6.59. The Bertz CT molecular complexity index is 320. The molecule has 1 atom stereocenters. The van der Waals surface area contributed by atoms with E-state index < -0.39 is 18.0 Å². The standard InChI is InChI=1S/C14H25NO4S/c1-3-4-5-6-7-8-9-13(17)19-14(18)12(10-20)15-11(2)16/h12,20H,3-10H2,1-2H3,(H,15,16)/t12-/m0/s1. The van der Waals surface area contributed by atoms with E-state index in [1.807, 2.05) is 0 Å². The number of nitrogens with one attached hydrogen (secondary N) is 1. The van der Waals surface area contributed by atoms with Crippen molar-refractivity contribution in [2.45, 2.75) is 64.8 Å². The van der Waals surface area contributed by atoms with E-state index in [2.05, 4.69) is 24.9 Å². The maximum Gasteiger partial charge on any atom is 0.337 e. The fourth-order valence-electron chi connectivity index (χ4n) is 1.71. The number of ether oxygens (including phenoxy) is 1. The van der Waals surface area contributed by atoms with Gasteiger partial charge in [-0.3, -0.25) is 9.59 Å². The van der Waals surface area contributed by atoms with E-state index in [1.165, 1.54) is 26.2 Å². The first-order valence-electron chi connectivity index (χ1n) is 7.13. The van der Waals surface area contributed by atoms with Crippen molar-refractivity contribution < 1.29 is 19.1 Å². The highest BCUT2D eigenvalue weighted by molar-refractivity contribution is 7.80. The Kier molecular flexibility index (Phi) is 11.1. The summed E-state index contributed by atoms with van der Waals surface area (Å²) in [5.74, 6) is -1.54. The summed E-state index contributed by atoms with van der Waals surface area (Å²) in [4.78, 5) is 33.9. The zero-order valence-corrected chi connectivity index (χ0v) is 13.2. The van der Waals surface area contributed by atoms with E-state index in [9.17, 15) is 14.4 Å². The summed E-state index contributed by atoms with van der Waals surface area (Å²) in [6.45, 7) is 3.44. The molecule has 0 spiro atoms. The van der Waals surface area contributed by atoms with E-state index in [4.69, 9.17) is 4.74 Å². The second kappa shape index (κ2) is 11.8. The molecule has 20 heavy (non-hydrogen) atoms. The third-order valence-electron chi connectivity index (χ3n) is 2.79. The molecule has 0 bridgehead atoms. The average Bonchev–Trinajstić information content (AvgIpc) is 2.39. The van der Waals surface area contributed by atoms with Gasteiger partial charge >= 0.3 is 11.9 Å². The van der Waals surface area contributed by atoms with Crippen LogP contribution in [0.4, 0.5) is 0 Å². The van der Waals surface area contributed by atoms with Crippen LogP contribution in [0.25, 0.3) is 0 Å². The van der Waals surface area contributed by atoms with Crippen molar-refractivity contribution in [1.29, 1.82) is 0 Å². The Hall–Kier alpha value is -1.04. The van der Waals surface area contributed by atoms with Crippen LogP contribution in [-0.4, -0.2) is 29.6 Å². The van der Waals surface area contributed by atoms with Crippen LogP contribution >= 0.6 is 12.6 Å². The summed E-state index contributed by atoms with van der Waals surface area (Å²) in [5, 5.41) is 2.38. The fraction of sp³-hybridized carbons (Fsp3) is 0.786. The maximum atomic E-state index is 11.6. The molecule has 116 valence electrons. The number of esters is 2. The van der Waals surface area contributed by atoms with E-state index in [-0.39, 0.29) is 18.1 Å². The monoisotopic (exact) mass is 303 g/mol. The normalized spacial score (nSPS) is 11.8. The number of carbonyl (C=O) groups excluding carboxylic acids is 3. The highest BCUT2D eigenvalue weighted by Gasteiger charge is 2.21. The molecule has 0 aliphatic carbocycles. The third kappa shape index (κ3) is 9.83. The Balaban J connectivity index is 3.83. The van der Waals surface area contributed by atoms with Crippen molar-refractivity contribution in [3.05, 3.63) is 0 Å². The Morgan fingerprint density at radius 3 is 2.25 bits per heavy atom. The predicted octanol–water partition coefficient (Wildman–Crippen LogP) is 2.24. The van der Waals surface area contributed by atoms with Gasteiger partial charge in [0.05, 0.1) is 0 Å². The van der Waals surface area contributed by atoms with Gasteiger partial charge in [0, 0.05) is 19.1 Å². The van der Waals surface area contributed by atoms with Crippen LogP contribution in [-0.2, 0) is 19.1 Å². The lowest BCUT2D eigenvalue weighted by Crippen LogP contribution is -2.42. The molecule has 0 radical (unpaired) electrons. The van der Waals surface area contributed by atoms with Gasteiger partial charge in [-0.25, -0.2) is 4.79 Å². The molecule has 0 aromatic heterocycles. The minimum Gasteiger partial charge on any atom is -0.392 e. The number of rotatable bonds is 10. The second-order valence-corrected chi connectivity index (χ2v) is 5.11. The Morgan fingerprint density at radius 2 is 1.70 bits per heavy atom. The van der Waals surface area contributed by atoms with Crippen LogP contribution in [0.1, 0.15) is 58.8 Å². The fourth-order valence-corrected chi connectivity index (χ4v) is 1.95. The number of unbranched alkanes of at least 4 members (excludes halogenated alkanes) is 5. The van der Waals surface area contributed by atoms with Gasteiger partial charge in [-0.1, -0.05) is 39.0 Å². The molecule has 0 aromatic rings. The second-order valence-electron chi connectivity index (χ2n) is 4.75. The lowest BCUT2D eigenvalue weighted by Gasteiger charge is -2.13. The molecule has 0 aliphatic heterocycles. The lowest BCUT2D eigenvalue weighted by molar-refractivity contribution is -0.161. The number of hydrogen-bond acceptors (Lipinski definition) is 5. The minimum absolute atomic E-state index is 0.0999. The third-order valence-corrected chi connectivity index (χ3v) is 3.16. The molecule has 0 saturated heterocycles. The molecule has 0 unspecified atom stereocenters. The molecule has 0 saturated carbocycles. The molecule has 0 aliphatic rings. The first kappa shape index (κ1) is 19.0. The van der Waals surface area contributed by atoms with Gasteiger partial charge in [-0.05, 0) is 6.42 Å². The Morgan fingerprint density at radius 1 is 1.10 bits per heavy atom. The average molecular weight is 303 g/mol. The maximum absolute atomic E-state index is 11.6. The van der Waals surface area contributed by atoms with Crippen LogP contribution in [0, 0.1) is 0 Å². The number of hydrogen-bond donors (Lipinski definition) is 2. The molecule has 0 rings (SSSR count). The Labute approximate surface area is 126 Å². The van der Waals surface area contributed by atoms with Crippen molar-refractivity contribution in [3.8, 4) is 0 Å². The quantitative estimate of drug-likeness (QED) is 0.281. The summed E-state index contributed by atoms with van der Waals surface area (Å²) >= 11 is 3.94. The van der Waals surface area contributed by atoms with Crippen molar-refractivity contribution in [3.63, 3.8) is 0 Å². The van der Waals surface area contributed by atoms with Crippen molar-refractivity contribution >= 4 is 30.5 Å². The minimum atomic E-state index is -0.871. The first-order valence-corrected chi connectivity index (χ1v) is 7.77. The van der Waals surface area contributed by atoms with Crippen molar-refractivity contribution in [1.82, 2.24) is 5.32 Å². The molecule has 0 aromatic carbocycles. The number of thiol groups is 1. The zero-order chi connectivity index (χ0) is 15.4. The molecule has 5 nitrogen and oxygen atoms in total. The summed E-state index contributed by atoms with van der Waals surface area (Å²) in [7, 11) is 0. The predicted molar refractivity (Wildman–Crippen MR) is 80.5 cm³/mol. The first-order chi connectivity index (χ1) is 9.51. The lowest BCUT2D eigenvalue weighted by atomic mass is 10.1. The molecule has 1 N–H and O–H groups in total. The van der Waals surface area contributed by atoms with Gasteiger partial charge in [-0.2, -0.15) is 12.6 Å². The highest BCUT2D eigenvalue weighted by atomic mass is 32.1. The van der Waals surface area contributed by atoms with E-state index >= 15 is 0 Å². The molecular formula is C14H25NO4S. The van der Waals surface area contributed by atoms with Crippen LogP contribution in [0.2, 0.25) is 0 Å². The molecule has 0 heterocycles. The van der Waals surface area contributed by atoms with Gasteiger partial charge < -0.3 is 10.1 Å². The molecule has 6 heteroatoms. The summed E-state index contributed by atoms with van der Waals surface area (Å²) in [5.41, 5.74) is 0. The highest BCUT2D eigenvalue weighted by Crippen LogP contribution is 2.07. The number of carbonyl (C=O) groups is 3. The van der Waals surface area contributed by atoms with Crippen molar-refractivity contribution in [2.24, 2.45) is 0 Å². The SMILES string of the molecule is CCCCCCCCC(=O)OC(=O)[C@H](CS)NC(C)=O. The van der Waals surface area contributed by atoms with Gasteiger partial charge in [0.15, 0.2) is 0 Å². The largest absolute Gasteiger partial charge is 0.392 e. The molecule has 1 amide bonds. The van der Waals surface area contributed by atoms with Crippen LogP contribution in [0.15, 0.2) is 0 Å². The summed E-state index contributed by atoms with van der Waals surface area (Å²) < 4.78 is 4.69. The van der Waals surface area contributed by atoms with E-state index in [0.29, 0.717) is 0 Å². The van der Waals surface area contributed by atoms with Crippen molar-refractivity contribution in [2.75, 3.05) is 5.75 Å².